The van der Waals surface area contributed by atoms with Crippen molar-refractivity contribution < 1.29 is 19.1 Å². The van der Waals surface area contributed by atoms with Crippen LogP contribution in [-0.4, -0.2) is 32.1 Å². The van der Waals surface area contributed by atoms with E-state index in [9.17, 15) is 9.59 Å². The molecule has 140 valence electrons. The Labute approximate surface area is 158 Å². The molecule has 0 saturated heterocycles. The summed E-state index contributed by atoms with van der Waals surface area (Å²) in [6, 6.07) is 12.5. The zero-order chi connectivity index (χ0) is 19.2. The lowest BCUT2D eigenvalue weighted by molar-refractivity contribution is -0.111. The molecular weight excluding hydrogens is 344 g/mol. The molecule has 1 fully saturated rings. The van der Waals surface area contributed by atoms with E-state index < -0.39 is 0 Å². The van der Waals surface area contributed by atoms with Crippen LogP contribution >= 0.6 is 0 Å². The number of carbonyl (C=O) groups excluding carboxylic acids is 2. The molecule has 2 aromatic carbocycles. The van der Waals surface area contributed by atoms with Gasteiger partial charge in [-0.15, -0.1) is 0 Å². The first-order valence-corrected chi connectivity index (χ1v) is 8.71. The third kappa shape index (κ3) is 4.88. The summed E-state index contributed by atoms with van der Waals surface area (Å²) in [5, 5.41) is 5.69. The van der Waals surface area contributed by atoms with E-state index in [4.69, 9.17) is 9.47 Å². The Balaban J connectivity index is 1.73. The normalized spacial score (nSPS) is 13.3. The molecule has 0 spiro atoms. The van der Waals surface area contributed by atoms with E-state index in [-0.39, 0.29) is 17.9 Å². The molecule has 2 aromatic rings. The van der Waals surface area contributed by atoms with Crippen molar-refractivity contribution in [3.63, 3.8) is 0 Å². The number of para-hydroxylation sites is 1. The highest BCUT2D eigenvalue weighted by atomic mass is 16.5. The van der Waals surface area contributed by atoms with Gasteiger partial charge in [0, 0.05) is 17.7 Å². The quantitative estimate of drug-likeness (QED) is 0.738. The summed E-state index contributed by atoms with van der Waals surface area (Å²) in [6.07, 6.45) is 5.05. The van der Waals surface area contributed by atoms with E-state index in [1.807, 2.05) is 0 Å². The molecule has 2 N–H and O–H groups in total. The smallest absolute Gasteiger partial charge is 0.253 e. The van der Waals surface area contributed by atoms with E-state index in [1.54, 1.807) is 62.8 Å². The van der Waals surface area contributed by atoms with Crippen molar-refractivity contribution in [2.24, 2.45) is 0 Å². The predicted molar refractivity (Wildman–Crippen MR) is 104 cm³/mol. The van der Waals surface area contributed by atoms with Crippen molar-refractivity contribution in [2.75, 3.05) is 19.5 Å². The van der Waals surface area contributed by atoms with Gasteiger partial charge >= 0.3 is 0 Å². The maximum atomic E-state index is 12.3. The molecular formula is C21H22N2O4. The lowest BCUT2D eigenvalue weighted by atomic mass is 10.1. The molecule has 6 nitrogen and oxygen atoms in total. The highest BCUT2D eigenvalue weighted by molar-refractivity contribution is 6.07. The molecule has 1 saturated carbocycles. The van der Waals surface area contributed by atoms with Crippen LogP contribution in [0.15, 0.2) is 48.5 Å². The minimum Gasteiger partial charge on any atom is -0.497 e. The largest absolute Gasteiger partial charge is 0.497 e. The van der Waals surface area contributed by atoms with E-state index in [0.29, 0.717) is 28.3 Å². The molecule has 1 aliphatic rings. The maximum Gasteiger partial charge on any atom is 0.253 e. The van der Waals surface area contributed by atoms with E-state index in [1.165, 1.54) is 6.08 Å². The second-order valence-electron chi connectivity index (χ2n) is 6.22. The lowest BCUT2D eigenvalue weighted by Crippen LogP contribution is -2.26. The Hall–Kier alpha value is -3.28. The molecule has 0 radical (unpaired) electrons. The zero-order valence-electron chi connectivity index (χ0n) is 15.3. The van der Waals surface area contributed by atoms with Crippen LogP contribution in [0.4, 0.5) is 5.69 Å². The summed E-state index contributed by atoms with van der Waals surface area (Å²) < 4.78 is 10.5. The number of ether oxygens (including phenoxy) is 2. The highest BCUT2D eigenvalue weighted by Crippen LogP contribution is 2.25. The van der Waals surface area contributed by atoms with Crippen molar-refractivity contribution in [3.05, 3.63) is 59.7 Å². The minimum absolute atomic E-state index is 0.174. The van der Waals surface area contributed by atoms with Crippen LogP contribution in [0.1, 0.15) is 28.8 Å². The monoisotopic (exact) mass is 366 g/mol. The third-order valence-electron chi connectivity index (χ3n) is 4.19. The molecule has 0 atom stereocenters. The topological polar surface area (TPSA) is 76.7 Å². The van der Waals surface area contributed by atoms with Crippen LogP contribution in [0.25, 0.3) is 6.08 Å². The number of hydrogen-bond donors (Lipinski definition) is 2. The first-order chi connectivity index (χ1) is 13.1. The van der Waals surface area contributed by atoms with Crippen molar-refractivity contribution >= 4 is 23.6 Å². The number of hydrogen-bond acceptors (Lipinski definition) is 4. The Kier molecular flexibility index (Phi) is 5.76. The molecule has 0 aliphatic heterocycles. The number of carbonyl (C=O) groups is 2. The van der Waals surface area contributed by atoms with Crippen LogP contribution in [0, 0.1) is 0 Å². The SMILES string of the molecule is COc1ccc(OC)c(/C=C/C(=O)Nc2ccccc2C(=O)NC2CC2)c1. The van der Waals surface area contributed by atoms with Gasteiger partial charge in [-0.3, -0.25) is 9.59 Å². The van der Waals surface area contributed by atoms with Crippen molar-refractivity contribution in [1.82, 2.24) is 5.32 Å². The van der Waals surface area contributed by atoms with Gasteiger partial charge in [-0.2, -0.15) is 0 Å². The molecule has 0 aromatic heterocycles. The predicted octanol–water partition coefficient (Wildman–Crippen LogP) is 3.25. The molecule has 1 aliphatic carbocycles. The minimum atomic E-state index is -0.341. The molecule has 2 amide bonds. The Morgan fingerprint density at radius 2 is 1.85 bits per heavy atom. The second-order valence-corrected chi connectivity index (χ2v) is 6.22. The van der Waals surface area contributed by atoms with Crippen molar-refractivity contribution in [2.45, 2.75) is 18.9 Å². The standard InChI is InChI=1S/C21H22N2O4/c1-26-16-10-11-19(27-2)14(13-16)7-12-20(24)23-18-6-4-3-5-17(18)21(25)22-15-8-9-15/h3-7,10-13,15H,8-9H2,1-2H3,(H,22,25)(H,23,24)/b12-7+. The molecule has 0 unspecified atom stereocenters. The Bertz CT molecular complexity index is 872. The summed E-state index contributed by atoms with van der Waals surface area (Å²) in [7, 11) is 3.14. The molecule has 0 bridgehead atoms. The van der Waals surface area contributed by atoms with E-state index in [2.05, 4.69) is 10.6 Å². The summed E-state index contributed by atoms with van der Waals surface area (Å²) in [5.41, 5.74) is 1.64. The van der Waals surface area contributed by atoms with Gasteiger partial charge in [-0.25, -0.2) is 0 Å². The number of rotatable bonds is 7. The van der Waals surface area contributed by atoms with Crippen molar-refractivity contribution in [3.8, 4) is 11.5 Å². The third-order valence-corrected chi connectivity index (χ3v) is 4.19. The van der Waals surface area contributed by atoms with Crippen LogP contribution in [0.3, 0.4) is 0 Å². The number of methoxy groups -OCH3 is 2. The van der Waals surface area contributed by atoms with Gasteiger partial charge in [0.15, 0.2) is 0 Å². The van der Waals surface area contributed by atoms with Crippen LogP contribution in [-0.2, 0) is 4.79 Å². The van der Waals surface area contributed by atoms with Crippen LogP contribution < -0.4 is 20.1 Å². The van der Waals surface area contributed by atoms with Gasteiger partial charge in [0.2, 0.25) is 5.91 Å². The molecule has 27 heavy (non-hydrogen) atoms. The number of nitrogens with one attached hydrogen (secondary N) is 2. The van der Waals surface area contributed by atoms with Gasteiger partial charge in [0.25, 0.3) is 5.91 Å². The van der Waals surface area contributed by atoms with Gasteiger partial charge in [-0.1, -0.05) is 12.1 Å². The fourth-order valence-electron chi connectivity index (χ4n) is 2.59. The maximum absolute atomic E-state index is 12.3. The number of amides is 2. The zero-order valence-corrected chi connectivity index (χ0v) is 15.3. The summed E-state index contributed by atoms with van der Waals surface area (Å²) in [4.78, 5) is 24.7. The number of benzene rings is 2. The van der Waals surface area contributed by atoms with Crippen molar-refractivity contribution in [1.29, 1.82) is 0 Å². The van der Waals surface area contributed by atoms with Crippen LogP contribution in [0.5, 0.6) is 11.5 Å². The Morgan fingerprint density at radius 3 is 2.56 bits per heavy atom. The molecule has 6 heteroatoms. The van der Waals surface area contributed by atoms with Gasteiger partial charge < -0.3 is 20.1 Å². The first-order valence-electron chi connectivity index (χ1n) is 8.71. The molecule has 3 rings (SSSR count). The Morgan fingerprint density at radius 1 is 1.07 bits per heavy atom. The van der Waals surface area contributed by atoms with E-state index in [0.717, 1.165) is 12.8 Å². The van der Waals surface area contributed by atoms with Gasteiger partial charge in [0.05, 0.1) is 25.5 Å². The fraction of sp³-hybridized carbons (Fsp3) is 0.238. The first kappa shape index (κ1) is 18.5. The summed E-state index contributed by atoms with van der Waals surface area (Å²) >= 11 is 0. The fourth-order valence-corrected chi connectivity index (χ4v) is 2.59. The van der Waals surface area contributed by atoms with E-state index >= 15 is 0 Å². The van der Waals surface area contributed by atoms with Gasteiger partial charge in [0.1, 0.15) is 11.5 Å². The average Bonchev–Trinajstić information content (AvgIpc) is 3.50. The van der Waals surface area contributed by atoms with Crippen LogP contribution in [0.2, 0.25) is 0 Å². The van der Waals surface area contributed by atoms with Gasteiger partial charge in [-0.05, 0) is 49.2 Å². The summed E-state index contributed by atoms with van der Waals surface area (Å²) in [6.45, 7) is 0. The highest BCUT2D eigenvalue weighted by Gasteiger charge is 2.24. The average molecular weight is 366 g/mol. The number of anilines is 1. The second kappa shape index (κ2) is 8.40. The molecule has 0 heterocycles. The lowest BCUT2D eigenvalue weighted by Gasteiger charge is -2.10. The summed E-state index contributed by atoms with van der Waals surface area (Å²) in [5.74, 6) is 0.778.